The molecular formula is C12H19N3O3. The van der Waals surface area contributed by atoms with E-state index in [1.807, 2.05) is 6.92 Å². The van der Waals surface area contributed by atoms with Gasteiger partial charge in [-0.15, -0.1) is 0 Å². The number of carbonyl (C=O) groups is 2. The van der Waals surface area contributed by atoms with Gasteiger partial charge in [-0.25, -0.2) is 4.79 Å². The Bertz CT molecular complexity index is 426. The van der Waals surface area contributed by atoms with Crippen LogP contribution in [-0.2, 0) is 16.6 Å². The Labute approximate surface area is 106 Å². The number of nitrogens with zero attached hydrogens (tertiary/aromatic N) is 2. The lowest BCUT2D eigenvalue weighted by atomic mass is 10.1. The molecule has 0 bridgehead atoms. The molecule has 1 aromatic rings. The molecule has 0 aliphatic heterocycles. The van der Waals surface area contributed by atoms with Crippen LogP contribution in [0, 0.1) is 6.92 Å². The van der Waals surface area contributed by atoms with Crippen molar-refractivity contribution in [3.8, 4) is 0 Å². The van der Waals surface area contributed by atoms with Crippen molar-refractivity contribution in [2.45, 2.75) is 39.3 Å². The van der Waals surface area contributed by atoms with Crippen LogP contribution in [0.3, 0.4) is 0 Å². The first-order chi connectivity index (χ1) is 8.24. The van der Waals surface area contributed by atoms with Gasteiger partial charge in [0.1, 0.15) is 17.9 Å². The number of aryl methyl sites for hydroxylation is 2. The molecule has 1 amide bonds. The van der Waals surface area contributed by atoms with Gasteiger partial charge in [-0.2, -0.15) is 5.10 Å². The predicted octanol–water partition coefficient (Wildman–Crippen LogP) is 1.49. The minimum Gasteiger partial charge on any atom is -0.444 e. The largest absolute Gasteiger partial charge is 0.444 e. The lowest BCUT2D eigenvalue weighted by Crippen LogP contribution is -2.36. The summed E-state index contributed by atoms with van der Waals surface area (Å²) in [6, 6.07) is -0.757. The summed E-state index contributed by atoms with van der Waals surface area (Å²) in [4.78, 5) is 22.7. The number of alkyl carbamates (subject to hydrolysis) is 1. The summed E-state index contributed by atoms with van der Waals surface area (Å²) in [6.45, 7) is 7.11. The lowest BCUT2D eigenvalue weighted by molar-refractivity contribution is -0.109. The van der Waals surface area contributed by atoms with Crippen LogP contribution in [0.4, 0.5) is 4.79 Å². The highest BCUT2D eigenvalue weighted by Gasteiger charge is 2.23. The normalized spacial score (nSPS) is 12.9. The molecule has 6 heteroatoms. The quantitative estimate of drug-likeness (QED) is 0.828. The molecule has 1 heterocycles. The Kier molecular flexibility index (Phi) is 4.11. The number of nitrogens with one attached hydrogen (secondary N) is 1. The van der Waals surface area contributed by atoms with Crippen LogP contribution in [0.2, 0.25) is 0 Å². The van der Waals surface area contributed by atoms with Crippen LogP contribution in [0.5, 0.6) is 0 Å². The van der Waals surface area contributed by atoms with Crippen molar-refractivity contribution in [3.63, 3.8) is 0 Å². The molecule has 0 fully saturated rings. The van der Waals surface area contributed by atoms with E-state index < -0.39 is 17.7 Å². The zero-order chi connectivity index (χ0) is 13.9. The van der Waals surface area contributed by atoms with Gasteiger partial charge in [0, 0.05) is 7.05 Å². The summed E-state index contributed by atoms with van der Waals surface area (Å²) >= 11 is 0. The van der Waals surface area contributed by atoms with Crippen molar-refractivity contribution in [1.82, 2.24) is 15.1 Å². The summed E-state index contributed by atoms with van der Waals surface area (Å²) in [5.74, 6) is 0. The molecule has 0 saturated heterocycles. The van der Waals surface area contributed by atoms with Gasteiger partial charge in [-0.1, -0.05) is 0 Å². The SMILES string of the molecule is Cc1cnn(C)c1C(C=O)NC(=O)OC(C)(C)C. The molecule has 1 N–H and O–H groups in total. The molecule has 1 aromatic heterocycles. The fourth-order valence-corrected chi connectivity index (χ4v) is 1.60. The van der Waals surface area contributed by atoms with E-state index in [1.54, 1.807) is 38.7 Å². The molecule has 0 radical (unpaired) electrons. The number of hydrogen-bond donors (Lipinski definition) is 1. The number of aldehydes is 1. The van der Waals surface area contributed by atoms with Gasteiger partial charge in [0.2, 0.25) is 0 Å². The molecular weight excluding hydrogens is 234 g/mol. The minimum absolute atomic E-state index is 0.598. The molecule has 0 saturated carbocycles. The van der Waals surface area contributed by atoms with E-state index in [0.717, 1.165) is 5.56 Å². The second-order valence-corrected chi connectivity index (χ2v) is 5.10. The van der Waals surface area contributed by atoms with Gasteiger partial charge in [0.05, 0.1) is 11.9 Å². The Morgan fingerprint density at radius 1 is 1.56 bits per heavy atom. The predicted molar refractivity (Wildman–Crippen MR) is 66.1 cm³/mol. The minimum atomic E-state index is -0.757. The van der Waals surface area contributed by atoms with E-state index in [0.29, 0.717) is 12.0 Å². The number of rotatable bonds is 3. The van der Waals surface area contributed by atoms with Crippen LogP contribution in [0.1, 0.15) is 38.1 Å². The topological polar surface area (TPSA) is 73.2 Å². The first-order valence-electron chi connectivity index (χ1n) is 5.68. The highest BCUT2D eigenvalue weighted by molar-refractivity contribution is 5.74. The molecule has 0 aromatic carbocycles. The molecule has 1 rings (SSSR count). The zero-order valence-corrected chi connectivity index (χ0v) is 11.4. The van der Waals surface area contributed by atoms with E-state index in [9.17, 15) is 9.59 Å². The van der Waals surface area contributed by atoms with Crippen molar-refractivity contribution in [1.29, 1.82) is 0 Å². The number of aromatic nitrogens is 2. The van der Waals surface area contributed by atoms with E-state index in [-0.39, 0.29) is 0 Å². The second kappa shape index (κ2) is 5.20. The maximum Gasteiger partial charge on any atom is 0.408 e. The highest BCUT2D eigenvalue weighted by atomic mass is 16.6. The van der Waals surface area contributed by atoms with Crippen molar-refractivity contribution in [3.05, 3.63) is 17.5 Å². The van der Waals surface area contributed by atoms with E-state index in [1.165, 1.54) is 0 Å². The third kappa shape index (κ3) is 3.58. The second-order valence-electron chi connectivity index (χ2n) is 5.10. The fraction of sp³-hybridized carbons (Fsp3) is 0.583. The van der Waals surface area contributed by atoms with E-state index in [2.05, 4.69) is 10.4 Å². The van der Waals surface area contributed by atoms with Crippen LogP contribution in [0.25, 0.3) is 0 Å². The van der Waals surface area contributed by atoms with Crippen LogP contribution < -0.4 is 5.32 Å². The average Bonchev–Trinajstić information content (AvgIpc) is 2.53. The summed E-state index contributed by atoms with van der Waals surface area (Å²) in [5.41, 5.74) is 0.889. The van der Waals surface area contributed by atoms with Crippen molar-refractivity contribution < 1.29 is 14.3 Å². The third-order valence-corrected chi connectivity index (χ3v) is 2.28. The first kappa shape index (κ1) is 14.2. The van der Waals surface area contributed by atoms with Crippen molar-refractivity contribution in [2.24, 2.45) is 7.05 Å². The molecule has 100 valence electrons. The Hall–Kier alpha value is -1.85. The Morgan fingerprint density at radius 2 is 2.17 bits per heavy atom. The number of carbonyl (C=O) groups excluding carboxylic acids is 2. The molecule has 1 unspecified atom stereocenters. The van der Waals surface area contributed by atoms with Crippen LogP contribution in [-0.4, -0.2) is 27.8 Å². The van der Waals surface area contributed by atoms with Gasteiger partial charge in [-0.3, -0.25) is 4.68 Å². The molecule has 0 spiro atoms. The number of ether oxygens (including phenoxy) is 1. The van der Waals surface area contributed by atoms with Crippen LogP contribution >= 0.6 is 0 Å². The first-order valence-corrected chi connectivity index (χ1v) is 5.68. The Balaban J connectivity index is 2.81. The summed E-state index contributed by atoms with van der Waals surface area (Å²) in [6.07, 6.45) is 1.68. The molecule has 6 nitrogen and oxygen atoms in total. The molecule has 1 atom stereocenters. The van der Waals surface area contributed by atoms with Crippen molar-refractivity contribution >= 4 is 12.4 Å². The molecule has 18 heavy (non-hydrogen) atoms. The molecule has 0 aliphatic carbocycles. The molecule has 0 aliphatic rings. The maximum atomic E-state index is 11.6. The summed E-state index contributed by atoms with van der Waals surface area (Å²) in [5, 5.41) is 6.55. The monoisotopic (exact) mass is 253 g/mol. The van der Waals surface area contributed by atoms with Gasteiger partial charge >= 0.3 is 6.09 Å². The zero-order valence-electron chi connectivity index (χ0n) is 11.4. The van der Waals surface area contributed by atoms with Gasteiger partial charge in [-0.05, 0) is 33.3 Å². The van der Waals surface area contributed by atoms with Gasteiger partial charge < -0.3 is 14.8 Å². The van der Waals surface area contributed by atoms with E-state index in [4.69, 9.17) is 4.74 Å². The maximum absolute atomic E-state index is 11.6. The summed E-state index contributed by atoms with van der Waals surface area (Å²) in [7, 11) is 1.72. The van der Waals surface area contributed by atoms with Crippen molar-refractivity contribution in [2.75, 3.05) is 0 Å². The highest BCUT2D eigenvalue weighted by Crippen LogP contribution is 2.15. The average molecular weight is 253 g/mol. The van der Waals surface area contributed by atoms with Gasteiger partial charge in [0.25, 0.3) is 0 Å². The third-order valence-electron chi connectivity index (χ3n) is 2.28. The fourth-order valence-electron chi connectivity index (χ4n) is 1.60. The van der Waals surface area contributed by atoms with Gasteiger partial charge in [0.15, 0.2) is 0 Å². The smallest absolute Gasteiger partial charge is 0.408 e. The lowest BCUT2D eigenvalue weighted by Gasteiger charge is -2.21. The van der Waals surface area contributed by atoms with Crippen LogP contribution in [0.15, 0.2) is 6.20 Å². The number of hydrogen-bond acceptors (Lipinski definition) is 4. The number of amides is 1. The van der Waals surface area contributed by atoms with E-state index >= 15 is 0 Å². The summed E-state index contributed by atoms with van der Waals surface area (Å²) < 4.78 is 6.67. The standard InChI is InChI=1S/C12H19N3O3/c1-8-6-13-15(5)10(8)9(7-16)14-11(17)18-12(2,3)4/h6-7,9H,1-5H3,(H,14,17). The Morgan fingerprint density at radius 3 is 2.56 bits per heavy atom.